The second-order valence-electron chi connectivity index (χ2n) is 1.82. The average molecular weight is 169 g/mol. The van der Waals surface area contributed by atoms with Gasteiger partial charge in [0, 0.05) is 0 Å². The third kappa shape index (κ3) is 5.82. The number of halogens is 2. The van der Waals surface area contributed by atoms with Crippen molar-refractivity contribution in [2.75, 3.05) is 6.61 Å². The van der Waals surface area contributed by atoms with E-state index in [4.69, 9.17) is 11.6 Å². The molecule has 0 saturated heterocycles. The van der Waals surface area contributed by atoms with Crippen LogP contribution in [0, 0.1) is 0 Å². The van der Waals surface area contributed by atoms with E-state index in [1.165, 1.54) is 0 Å². The van der Waals surface area contributed by atoms with Gasteiger partial charge in [-0.05, 0) is 13.3 Å². The van der Waals surface area contributed by atoms with Crippen molar-refractivity contribution < 1.29 is 13.9 Å². The van der Waals surface area contributed by atoms with Crippen LogP contribution in [0.2, 0.25) is 0 Å². The quantitative estimate of drug-likeness (QED) is 0.462. The van der Waals surface area contributed by atoms with Gasteiger partial charge in [0.1, 0.15) is 6.17 Å². The van der Waals surface area contributed by atoms with Crippen molar-refractivity contribution >= 4 is 18.1 Å². The summed E-state index contributed by atoms with van der Waals surface area (Å²) in [4.78, 5) is 9.18. The van der Waals surface area contributed by atoms with Crippen molar-refractivity contribution in [3.63, 3.8) is 0 Å². The van der Waals surface area contributed by atoms with E-state index in [9.17, 15) is 9.18 Å². The van der Waals surface area contributed by atoms with E-state index < -0.39 is 6.17 Å². The van der Waals surface area contributed by atoms with Crippen molar-refractivity contribution in [2.24, 2.45) is 0 Å². The SMILES string of the molecule is CCOC=O.FC1CC1Cl. The summed E-state index contributed by atoms with van der Waals surface area (Å²) in [5.41, 5.74) is 0. The molecule has 0 aromatic carbocycles. The smallest absolute Gasteiger partial charge is 0.293 e. The molecule has 0 heterocycles. The molecule has 2 nitrogen and oxygen atoms in total. The van der Waals surface area contributed by atoms with Crippen molar-refractivity contribution in [3.8, 4) is 0 Å². The van der Waals surface area contributed by atoms with Gasteiger partial charge in [-0.3, -0.25) is 4.79 Å². The summed E-state index contributed by atoms with van der Waals surface area (Å²) in [6, 6.07) is 0. The lowest BCUT2D eigenvalue weighted by Crippen LogP contribution is -1.80. The van der Waals surface area contributed by atoms with Crippen molar-refractivity contribution in [2.45, 2.75) is 24.9 Å². The zero-order valence-corrected chi connectivity index (χ0v) is 6.47. The lowest BCUT2D eigenvalue weighted by Gasteiger charge is -1.79. The molecule has 60 valence electrons. The summed E-state index contributed by atoms with van der Waals surface area (Å²) in [6.07, 6.45) is -0.113. The Bertz CT molecular complexity index is 93.7. The van der Waals surface area contributed by atoms with Gasteiger partial charge in [0.25, 0.3) is 6.47 Å². The molecule has 0 radical (unpaired) electrons. The van der Waals surface area contributed by atoms with Crippen LogP contribution >= 0.6 is 11.6 Å². The van der Waals surface area contributed by atoms with Crippen LogP contribution in [0.1, 0.15) is 13.3 Å². The predicted molar refractivity (Wildman–Crippen MR) is 36.8 cm³/mol. The van der Waals surface area contributed by atoms with Crippen LogP contribution < -0.4 is 0 Å². The second kappa shape index (κ2) is 5.47. The highest BCUT2D eigenvalue weighted by Crippen LogP contribution is 2.30. The fraction of sp³-hybridized carbons (Fsp3) is 0.833. The molecular formula is C6H10ClFO2. The Morgan fingerprint density at radius 2 is 2.30 bits per heavy atom. The van der Waals surface area contributed by atoms with Gasteiger partial charge in [0.15, 0.2) is 0 Å². The molecular weight excluding hydrogens is 159 g/mol. The van der Waals surface area contributed by atoms with Gasteiger partial charge in [0.2, 0.25) is 0 Å². The number of rotatable bonds is 2. The lowest BCUT2D eigenvalue weighted by molar-refractivity contribution is -0.128. The number of hydrogen-bond donors (Lipinski definition) is 0. The number of carbonyl (C=O) groups excluding carboxylic acids is 1. The van der Waals surface area contributed by atoms with Crippen LogP contribution in [0.15, 0.2) is 0 Å². The second-order valence-corrected chi connectivity index (χ2v) is 2.38. The summed E-state index contributed by atoms with van der Waals surface area (Å²) >= 11 is 5.16. The van der Waals surface area contributed by atoms with Gasteiger partial charge in [0.05, 0.1) is 12.0 Å². The molecule has 0 amide bonds. The Balaban J connectivity index is 0.000000162. The normalized spacial score (nSPS) is 27.9. The van der Waals surface area contributed by atoms with E-state index in [1.807, 2.05) is 0 Å². The molecule has 1 saturated carbocycles. The van der Waals surface area contributed by atoms with E-state index in [2.05, 4.69) is 4.74 Å². The first-order valence-electron chi connectivity index (χ1n) is 3.05. The Kier molecular flexibility index (Phi) is 5.30. The van der Waals surface area contributed by atoms with Gasteiger partial charge in [-0.2, -0.15) is 0 Å². The summed E-state index contributed by atoms with van der Waals surface area (Å²) < 4.78 is 15.5. The first-order chi connectivity index (χ1) is 4.72. The van der Waals surface area contributed by atoms with E-state index in [0.717, 1.165) is 0 Å². The van der Waals surface area contributed by atoms with E-state index in [0.29, 0.717) is 19.5 Å². The van der Waals surface area contributed by atoms with Crippen LogP contribution in [-0.2, 0) is 9.53 Å². The van der Waals surface area contributed by atoms with Gasteiger partial charge in [-0.25, -0.2) is 4.39 Å². The highest BCUT2D eigenvalue weighted by molar-refractivity contribution is 6.22. The molecule has 4 heteroatoms. The van der Waals surface area contributed by atoms with Gasteiger partial charge in [-0.15, -0.1) is 11.6 Å². The fourth-order valence-corrected chi connectivity index (χ4v) is 0.375. The zero-order valence-electron chi connectivity index (χ0n) is 5.72. The molecule has 1 rings (SSSR count). The van der Waals surface area contributed by atoms with Crippen LogP contribution in [0.25, 0.3) is 0 Å². The minimum absolute atomic E-state index is 0.144. The maximum absolute atomic E-state index is 11.4. The Morgan fingerprint density at radius 3 is 2.30 bits per heavy atom. The Labute approximate surface area is 64.3 Å². The fourth-order valence-electron chi connectivity index (χ4n) is 0.205. The lowest BCUT2D eigenvalue weighted by atomic mass is 10.9. The molecule has 2 atom stereocenters. The standard InChI is InChI=1S/C3H4ClF.C3H6O2/c4-2-1-3(2)5;1-2-5-3-4/h2-3H,1H2;3H,2H2,1H3. The van der Waals surface area contributed by atoms with Crippen LogP contribution in [0.5, 0.6) is 0 Å². The maximum atomic E-state index is 11.4. The minimum atomic E-state index is -0.684. The van der Waals surface area contributed by atoms with Gasteiger partial charge >= 0.3 is 0 Å². The summed E-state index contributed by atoms with van der Waals surface area (Å²) in [5.74, 6) is 0. The van der Waals surface area contributed by atoms with Crippen LogP contribution in [0.3, 0.4) is 0 Å². The summed E-state index contributed by atoms with van der Waals surface area (Å²) in [7, 11) is 0. The molecule has 1 aliphatic carbocycles. The molecule has 2 unspecified atom stereocenters. The third-order valence-electron chi connectivity index (χ3n) is 0.874. The number of carbonyl (C=O) groups is 1. The highest BCUT2D eigenvalue weighted by atomic mass is 35.5. The molecule has 0 spiro atoms. The molecule has 0 bridgehead atoms. The molecule has 1 fully saturated rings. The number of ether oxygens (including phenoxy) is 1. The first-order valence-corrected chi connectivity index (χ1v) is 3.49. The topological polar surface area (TPSA) is 26.3 Å². The largest absolute Gasteiger partial charge is 0.468 e. The van der Waals surface area contributed by atoms with Crippen molar-refractivity contribution in [1.82, 2.24) is 0 Å². The summed E-state index contributed by atoms with van der Waals surface area (Å²) in [5, 5.41) is -0.144. The van der Waals surface area contributed by atoms with E-state index in [-0.39, 0.29) is 5.38 Å². The first kappa shape index (κ1) is 9.69. The molecule has 0 N–H and O–H groups in total. The number of hydrogen-bond acceptors (Lipinski definition) is 2. The van der Waals surface area contributed by atoms with Crippen LogP contribution in [-0.4, -0.2) is 24.6 Å². The van der Waals surface area contributed by atoms with Gasteiger partial charge in [-0.1, -0.05) is 0 Å². The third-order valence-corrected chi connectivity index (χ3v) is 1.33. The average Bonchev–Trinajstić information content (AvgIpc) is 2.49. The van der Waals surface area contributed by atoms with Crippen molar-refractivity contribution in [1.29, 1.82) is 0 Å². The molecule has 0 aliphatic heterocycles. The monoisotopic (exact) mass is 168 g/mol. The highest BCUT2D eigenvalue weighted by Gasteiger charge is 2.34. The number of alkyl halides is 2. The van der Waals surface area contributed by atoms with E-state index in [1.54, 1.807) is 6.92 Å². The molecule has 1 aliphatic rings. The van der Waals surface area contributed by atoms with Gasteiger partial charge < -0.3 is 4.74 Å². The Morgan fingerprint density at radius 1 is 1.90 bits per heavy atom. The predicted octanol–water partition coefficient (Wildman–Crippen LogP) is 1.51. The van der Waals surface area contributed by atoms with Crippen molar-refractivity contribution in [3.05, 3.63) is 0 Å². The van der Waals surface area contributed by atoms with E-state index >= 15 is 0 Å². The molecule has 0 aromatic heterocycles. The molecule has 10 heavy (non-hydrogen) atoms. The molecule has 0 aromatic rings. The van der Waals surface area contributed by atoms with Crippen LogP contribution in [0.4, 0.5) is 4.39 Å². The zero-order chi connectivity index (χ0) is 7.98. The maximum Gasteiger partial charge on any atom is 0.293 e. The summed E-state index contributed by atoms with van der Waals surface area (Å²) in [6.45, 7) is 2.66. The minimum Gasteiger partial charge on any atom is -0.468 e. The Hall–Kier alpha value is -0.310.